The number of phosphoric acid groups is 1. The van der Waals surface area contributed by atoms with Crippen molar-refractivity contribution in [2.24, 2.45) is 0 Å². The van der Waals surface area contributed by atoms with Gasteiger partial charge in [-0.15, -0.1) is 11.6 Å². The van der Waals surface area contributed by atoms with E-state index < -0.39 is 7.82 Å². The normalized spacial score (nSPS) is 14.4. The van der Waals surface area contributed by atoms with Crippen LogP contribution in [0.1, 0.15) is 32.3 Å². The molecule has 0 amide bonds. The molecule has 0 fully saturated rings. The second-order valence-electron chi connectivity index (χ2n) is 4.20. The van der Waals surface area contributed by atoms with Crippen LogP contribution in [0.25, 0.3) is 0 Å². The van der Waals surface area contributed by atoms with Crippen LogP contribution in [0.2, 0.25) is 0 Å². The van der Waals surface area contributed by atoms with E-state index in [4.69, 9.17) is 25.2 Å². The van der Waals surface area contributed by atoms with E-state index in [-0.39, 0.29) is 19.1 Å². The Hall–Kier alpha value is -0.540. The minimum atomic E-state index is -3.58. The van der Waals surface area contributed by atoms with Crippen molar-refractivity contribution in [2.45, 2.75) is 26.7 Å². The van der Waals surface area contributed by atoms with E-state index in [2.05, 4.69) is 13.8 Å². The largest absolute Gasteiger partial charge is 0.530 e. The third kappa shape index (κ3) is 5.53. The molecule has 0 aliphatic rings. The quantitative estimate of drug-likeness (QED) is 0.520. The van der Waals surface area contributed by atoms with Gasteiger partial charge in [0.05, 0.1) is 13.2 Å². The molecule has 0 saturated heterocycles. The minimum Gasteiger partial charge on any atom is -0.404 e. The Balaban J connectivity index is 2.75. The molecule has 1 aromatic rings. The van der Waals surface area contributed by atoms with Crippen molar-refractivity contribution in [3.8, 4) is 5.75 Å². The van der Waals surface area contributed by atoms with Gasteiger partial charge in [-0.05, 0) is 30.5 Å². The zero-order chi connectivity index (χ0) is 14.3. The molecule has 0 N–H and O–H groups in total. The molecule has 4 nitrogen and oxygen atoms in total. The molecule has 1 atom stereocenters. The summed E-state index contributed by atoms with van der Waals surface area (Å²) in [5.41, 5.74) is 1.18. The zero-order valence-electron chi connectivity index (χ0n) is 11.5. The maximum Gasteiger partial charge on any atom is 0.530 e. The van der Waals surface area contributed by atoms with Crippen molar-refractivity contribution in [3.63, 3.8) is 0 Å². The summed E-state index contributed by atoms with van der Waals surface area (Å²) in [4.78, 5) is 0. The van der Waals surface area contributed by atoms with E-state index in [0.29, 0.717) is 11.7 Å². The van der Waals surface area contributed by atoms with Crippen molar-refractivity contribution in [1.29, 1.82) is 0 Å². The molecule has 19 heavy (non-hydrogen) atoms. The van der Waals surface area contributed by atoms with E-state index in [1.165, 1.54) is 5.56 Å². The summed E-state index contributed by atoms with van der Waals surface area (Å²) in [6, 6.07) is 7.37. The second-order valence-corrected chi connectivity index (χ2v) is 6.17. The zero-order valence-corrected chi connectivity index (χ0v) is 13.1. The molecule has 1 rings (SSSR count). The summed E-state index contributed by atoms with van der Waals surface area (Å²) in [6.45, 7) is 6.28. The summed E-state index contributed by atoms with van der Waals surface area (Å²) in [5, 5.41) is 0. The Bertz CT molecular complexity index is 419. The van der Waals surface area contributed by atoms with E-state index in [1.807, 2.05) is 12.1 Å². The van der Waals surface area contributed by atoms with Gasteiger partial charge in [-0.1, -0.05) is 26.0 Å². The predicted molar refractivity (Wildman–Crippen MR) is 77.1 cm³/mol. The number of halogens is 1. The van der Waals surface area contributed by atoms with E-state index >= 15 is 0 Å². The van der Waals surface area contributed by atoms with Crippen LogP contribution in [0.3, 0.4) is 0 Å². The van der Waals surface area contributed by atoms with Gasteiger partial charge in [-0.2, -0.15) is 0 Å². The summed E-state index contributed by atoms with van der Waals surface area (Å²) in [7, 11) is -3.58. The first-order chi connectivity index (χ1) is 9.00. The van der Waals surface area contributed by atoms with Crippen LogP contribution in [0.4, 0.5) is 0 Å². The SMILES string of the molecule is CCOP(=O)(OCCCl)Oc1ccc(C(C)C)cc1. The van der Waals surface area contributed by atoms with Crippen molar-refractivity contribution in [3.05, 3.63) is 29.8 Å². The van der Waals surface area contributed by atoms with Gasteiger partial charge in [-0.25, -0.2) is 4.57 Å². The number of hydrogen-bond acceptors (Lipinski definition) is 4. The fourth-order valence-corrected chi connectivity index (χ4v) is 2.81. The first-order valence-electron chi connectivity index (χ1n) is 6.25. The highest BCUT2D eigenvalue weighted by atomic mass is 35.5. The van der Waals surface area contributed by atoms with Crippen LogP contribution in [0, 0.1) is 0 Å². The molecule has 0 aliphatic carbocycles. The number of hydrogen-bond donors (Lipinski definition) is 0. The summed E-state index contributed by atoms with van der Waals surface area (Å²) < 4.78 is 27.7. The van der Waals surface area contributed by atoms with E-state index in [0.717, 1.165) is 0 Å². The Morgan fingerprint density at radius 3 is 2.32 bits per heavy atom. The average Bonchev–Trinajstić information content (AvgIpc) is 2.37. The fraction of sp³-hybridized carbons (Fsp3) is 0.538. The lowest BCUT2D eigenvalue weighted by Crippen LogP contribution is -2.04. The van der Waals surface area contributed by atoms with Gasteiger partial charge in [0.25, 0.3) is 0 Å². The average molecular weight is 307 g/mol. The number of rotatable bonds is 8. The van der Waals surface area contributed by atoms with Gasteiger partial charge >= 0.3 is 7.82 Å². The third-order valence-electron chi connectivity index (χ3n) is 2.38. The van der Waals surface area contributed by atoms with Crippen molar-refractivity contribution in [1.82, 2.24) is 0 Å². The molecule has 0 saturated carbocycles. The van der Waals surface area contributed by atoms with E-state index in [1.54, 1.807) is 19.1 Å². The Kier molecular flexibility index (Phi) is 6.87. The van der Waals surface area contributed by atoms with Crippen LogP contribution in [-0.2, 0) is 13.6 Å². The molecular formula is C13H20ClO4P. The highest BCUT2D eigenvalue weighted by Gasteiger charge is 2.27. The second kappa shape index (κ2) is 7.91. The predicted octanol–water partition coefficient (Wildman–Crippen LogP) is 4.59. The third-order valence-corrected chi connectivity index (χ3v) is 4.04. The van der Waals surface area contributed by atoms with E-state index in [9.17, 15) is 4.57 Å². The standard InChI is InChI=1S/C13H20ClO4P/c1-4-16-19(15,17-10-9-14)18-13-7-5-12(6-8-13)11(2)3/h5-8,11H,4,9-10H2,1-3H3. The summed E-state index contributed by atoms with van der Waals surface area (Å²) in [5.74, 6) is 1.11. The van der Waals surface area contributed by atoms with Crippen molar-refractivity contribution in [2.75, 3.05) is 19.1 Å². The van der Waals surface area contributed by atoms with Gasteiger partial charge in [-0.3, -0.25) is 9.05 Å². The molecule has 108 valence electrons. The molecular weight excluding hydrogens is 287 g/mol. The smallest absolute Gasteiger partial charge is 0.404 e. The summed E-state index contributed by atoms with van der Waals surface area (Å²) >= 11 is 5.51. The maximum atomic E-state index is 12.2. The van der Waals surface area contributed by atoms with Crippen LogP contribution in [-0.4, -0.2) is 19.1 Å². The molecule has 0 spiro atoms. The minimum absolute atomic E-state index is 0.114. The van der Waals surface area contributed by atoms with Crippen LogP contribution in [0.5, 0.6) is 5.75 Å². The first-order valence-corrected chi connectivity index (χ1v) is 8.25. The van der Waals surface area contributed by atoms with Gasteiger partial charge in [0, 0.05) is 5.88 Å². The van der Waals surface area contributed by atoms with Gasteiger partial charge in [0.1, 0.15) is 5.75 Å². The molecule has 1 aromatic carbocycles. The first kappa shape index (κ1) is 16.5. The monoisotopic (exact) mass is 306 g/mol. The molecule has 0 bridgehead atoms. The molecule has 1 unspecified atom stereocenters. The summed E-state index contributed by atoms with van der Waals surface area (Å²) in [6.07, 6.45) is 0. The number of alkyl halides is 1. The number of benzene rings is 1. The lowest BCUT2D eigenvalue weighted by Gasteiger charge is -2.17. The number of phosphoric ester groups is 1. The molecule has 6 heteroatoms. The van der Waals surface area contributed by atoms with Crippen molar-refractivity contribution >= 4 is 19.4 Å². The highest BCUT2D eigenvalue weighted by Crippen LogP contribution is 2.49. The lowest BCUT2D eigenvalue weighted by atomic mass is 10.0. The fourth-order valence-electron chi connectivity index (χ4n) is 1.44. The maximum absolute atomic E-state index is 12.2. The van der Waals surface area contributed by atoms with Crippen LogP contribution < -0.4 is 4.52 Å². The molecule has 0 aliphatic heterocycles. The highest BCUT2D eigenvalue weighted by molar-refractivity contribution is 7.48. The topological polar surface area (TPSA) is 44.8 Å². The van der Waals surface area contributed by atoms with Gasteiger partial charge in [0.2, 0.25) is 0 Å². The van der Waals surface area contributed by atoms with Crippen LogP contribution in [0.15, 0.2) is 24.3 Å². The van der Waals surface area contributed by atoms with Gasteiger partial charge in [0.15, 0.2) is 0 Å². The Morgan fingerprint density at radius 2 is 1.84 bits per heavy atom. The Morgan fingerprint density at radius 1 is 1.21 bits per heavy atom. The Labute approximate surface area is 119 Å². The van der Waals surface area contributed by atoms with Gasteiger partial charge < -0.3 is 4.52 Å². The molecule has 0 heterocycles. The molecule has 0 aromatic heterocycles. The lowest BCUT2D eigenvalue weighted by molar-refractivity contribution is 0.168. The molecule has 0 radical (unpaired) electrons. The van der Waals surface area contributed by atoms with Crippen molar-refractivity contribution < 1.29 is 18.1 Å². The van der Waals surface area contributed by atoms with Crippen LogP contribution >= 0.6 is 19.4 Å².